The molecule has 8 amide bonds. The van der Waals surface area contributed by atoms with Crippen molar-refractivity contribution in [3.05, 3.63) is 117 Å². The first-order valence-electron chi connectivity index (χ1n) is 20.3. The molecule has 4 aliphatic rings. The van der Waals surface area contributed by atoms with Gasteiger partial charge in [0.25, 0.3) is 35.4 Å². The number of nitrogens with zero attached hydrogens (tertiary/aromatic N) is 4. The number of halogens is 10. The maximum Gasteiger partial charge on any atom is 0.349 e. The van der Waals surface area contributed by atoms with Crippen LogP contribution in [0.25, 0.3) is 0 Å². The molecule has 384 valence electrons. The number of aromatic hydroxyl groups is 1. The lowest BCUT2D eigenvalue weighted by Crippen LogP contribution is -2.54. The lowest BCUT2D eigenvalue weighted by Gasteiger charge is -2.32. The van der Waals surface area contributed by atoms with Crippen LogP contribution in [0.2, 0.25) is 0 Å². The first-order chi connectivity index (χ1) is 34.2. The maximum atomic E-state index is 13.7. The molecule has 4 aliphatic heterocycles. The third-order valence-corrected chi connectivity index (χ3v) is 11.0. The highest BCUT2D eigenvalue weighted by Gasteiger charge is 2.49. The zero-order valence-corrected chi connectivity index (χ0v) is 36.6. The Hall–Kier alpha value is -8.92. The Morgan fingerprint density at radius 3 is 1.27 bits per heavy atom. The number of aliphatic carboxylic acids is 1. The van der Waals surface area contributed by atoms with Gasteiger partial charge in [-0.15, -0.1) is 0 Å². The summed E-state index contributed by atoms with van der Waals surface area (Å²) >= 11 is 0. The quantitative estimate of drug-likeness (QED) is 0.0598. The fourth-order valence-electron chi connectivity index (χ4n) is 7.31. The third kappa shape index (κ3) is 9.79. The number of phenolic OH excluding ortho intramolecular Hbond substituents is 1. The number of piperidine rings is 2. The maximum absolute atomic E-state index is 13.7. The number of likely N-dealkylation sites (tertiary alicyclic amines) is 2. The van der Waals surface area contributed by atoms with Crippen LogP contribution in [0.1, 0.15) is 67.1 Å². The Morgan fingerprint density at radius 1 is 0.534 bits per heavy atom. The standard InChI is InChI=1S/C22H13F5N2O7.C16H14N2O7.C6HF5O/c1-28-11(30)6-5-9(21(28)33)29-20(32)8-3-2-4-10(13(8)22(29)34)35-7-12(31)36-19-17(26)15(24)14(23)16(25)18(19)27;1-17-11(19)6-5-9(15(17)23)18-14(22)8-3-2-4-10(13(8)16(18)24)25-7-12(20)21;7-1-2(8)4(10)6(12)5(11)3(1)9/h2-4,9H,5-7H2,1H3;2-4,9H,5-7H2,1H3,(H,20,21);12H. The van der Waals surface area contributed by atoms with E-state index < -0.39 is 148 Å². The molecule has 73 heavy (non-hydrogen) atoms. The summed E-state index contributed by atoms with van der Waals surface area (Å²) in [6.07, 6.45) is -0.0907. The zero-order valence-electron chi connectivity index (χ0n) is 36.6. The number of carbonyl (C=O) groups excluding carboxylic acids is 9. The highest BCUT2D eigenvalue weighted by molar-refractivity contribution is 6.25. The van der Waals surface area contributed by atoms with Crippen LogP contribution in [0, 0.1) is 58.2 Å². The van der Waals surface area contributed by atoms with E-state index in [9.17, 15) is 91.8 Å². The van der Waals surface area contributed by atoms with E-state index in [2.05, 4.69) is 4.74 Å². The molecule has 0 aliphatic carbocycles. The Morgan fingerprint density at radius 2 is 0.890 bits per heavy atom. The van der Waals surface area contributed by atoms with E-state index in [0.717, 1.165) is 20.8 Å². The topological polar surface area (TPSA) is 252 Å². The molecular formula is C44H28F10N4O15. The van der Waals surface area contributed by atoms with Gasteiger partial charge >= 0.3 is 11.9 Å². The summed E-state index contributed by atoms with van der Waals surface area (Å²) in [5, 5.41) is 17.0. The molecule has 2 saturated heterocycles. The Balaban J connectivity index is 0.000000202. The molecule has 2 fully saturated rings. The van der Waals surface area contributed by atoms with Gasteiger partial charge in [0, 0.05) is 26.9 Å². The van der Waals surface area contributed by atoms with Crippen molar-refractivity contribution in [1.82, 2.24) is 19.6 Å². The molecule has 0 saturated carbocycles. The molecule has 2 N–H and O–H groups in total. The number of esters is 1. The predicted molar refractivity (Wildman–Crippen MR) is 214 cm³/mol. The van der Waals surface area contributed by atoms with Crippen LogP contribution in [0.4, 0.5) is 43.9 Å². The Bertz CT molecular complexity index is 2990. The van der Waals surface area contributed by atoms with Crippen LogP contribution in [0.3, 0.4) is 0 Å². The van der Waals surface area contributed by atoms with E-state index in [1.807, 2.05) is 0 Å². The summed E-state index contributed by atoms with van der Waals surface area (Å²) in [6.45, 7) is -1.82. The van der Waals surface area contributed by atoms with Gasteiger partial charge in [0.05, 0.1) is 22.3 Å². The van der Waals surface area contributed by atoms with Gasteiger partial charge in [0.1, 0.15) is 23.6 Å². The molecule has 4 aromatic rings. The number of hydrogen-bond donors (Lipinski definition) is 2. The molecule has 2 unspecified atom stereocenters. The van der Waals surface area contributed by atoms with Gasteiger partial charge in [-0.1, -0.05) is 12.1 Å². The summed E-state index contributed by atoms with van der Waals surface area (Å²) in [5.74, 6) is -35.3. The van der Waals surface area contributed by atoms with Crippen LogP contribution >= 0.6 is 0 Å². The number of benzene rings is 4. The van der Waals surface area contributed by atoms with Crippen LogP contribution in [0.15, 0.2) is 36.4 Å². The van der Waals surface area contributed by atoms with E-state index in [1.54, 1.807) is 0 Å². The van der Waals surface area contributed by atoms with E-state index in [4.69, 9.17) is 19.7 Å². The molecule has 4 aromatic carbocycles. The average Bonchev–Trinajstić information content (AvgIpc) is 3.78. The van der Waals surface area contributed by atoms with E-state index in [0.29, 0.717) is 4.90 Å². The normalized spacial score (nSPS) is 17.3. The smallest absolute Gasteiger partial charge is 0.349 e. The van der Waals surface area contributed by atoms with Gasteiger partial charge in [-0.2, -0.15) is 17.6 Å². The van der Waals surface area contributed by atoms with Crippen LogP contribution in [-0.2, 0) is 28.8 Å². The second-order valence-electron chi connectivity index (χ2n) is 15.3. The SMILES string of the molecule is CN1C(=O)CCC(N2C(=O)c3cccc(OCC(=O)O)c3C2=O)C1=O.CN1C(=O)CCC(N2C(=O)c3cccc(OCC(=O)Oc4c(F)c(F)c(F)c(F)c4F)c3C2=O)C1=O.Oc1c(F)c(F)c(F)c(F)c1F. The number of likely N-dealkylation sites (N-methyl/N-ethyl adjacent to an activating group) is 2. The number of hydrogen-bond acceptors (Lipinski definition) is 14. The number of carboxylic acids is 1. The Labute approximate surface area is 399 Å². The zero-order chi connectivity index (χ0) is 54.2. The van der Waals surface area contributed by atoms with Crippen molar-refractivity contribution in [3.63, 3.8) is 0 Å². The largest absolute Gasteiger partial charge is 0.503 e. The van der Waals surface area contributed by atoms with Gasteiger partial charge in [0.15, 0.2) is 19.0 Å². The fraction of sp³-hybridized carbons (Fsp3) is 0.227. The molecule has 19 nitrogen and oxygen atoms in total. The minimum Gasteiger partial charge on any atom is -0.503 e. The molecule has 0 aromatic heterocycles. The van der Waals surface area contributed by atoms with E-state index in [-0.39, 0.29) is 65.3 Å². The molecule has 4 heterocycles. The van der Waals surface area contributed by atoms with Crippen molar-refractivity contribution in [2.45, 2.75) is 37.8 Å². The molecule has 0 bridgehead atoms. The minimum absolute atomic E-state index is 0.0339. The molecule has 2 atom stereocenters. The van der Waals surface area contributed by atoms with Gasteiger partial charge in [-0.05, 0) is 37.1 Å². The highest BCUT2D eigenvalue weighted by atomic mass is 19.2. The lowest BCUT2D eigenvalue weighted by atomic mass is 10.0. The Kier molecular flexibility index (Phi) is 15.2. The van der Waals surface area contributed by atoms with Crippen molar-refractivity contribution < 1.29 is 116 Å². The molecular weight excluding hydrogens is 1010 g/mol. The average molecular weight is 1040 g/mol. The number of fused-ring (bicyclic) bond motifs is 2. The summed E-state index contributed by atoms with van der Waals surface area (Å²) in [4.78, 5) is 125. The molecule has 0 spiro atoms. The number of rotatable bonds is 9. The lowest BCUT2D eigenvalue weighted by molar-refractivity contribution is -0.151. The van der Waals surface area contributed by atoms with Crippen LogP contribution in [-0.4, -0.2) is 128 Å². The number of imide groups is 4. The monoisotopic (exact) mass is 1040 g/mol. The molecule has 0 radical (unpaired) electrons. The van der Waals surface area contributed by atoms with Gasteiger partial charge in [-0.3, -0.25) is 58.0 Å². The van der Waals surface area contributed by atoms with Crippen molar-refractivity contribution in [2.24, 2.45) is 0 Å². The fourth-order valence-corrected chi connectivity index (χ4v) is 7.31. The molecule has 8 rings (SSSR count). The van der Waals surface area contributed by atoms with Gasteiger partial charge < -0.3 is 24.4 Å². The number of phenols is 1. The van der Waals surface area contributed by atoms with Crippen LogP contribution in [0.5, 0.6) is 23.0 Å². The first-order valence-corrected chi connectivity index (χ1v) is 20.3. The second-order valence-corrected chi connectivity index (χ2v) is 15.3. The third-order valence-electron chi connectivity index (χ3n) is 11.0. The predicted octanol–water partition coefficient (Wildman–Crippen LogP) is 4.09. The number of carbonyl (C=O) groups is 10. The van der Waals surface area contributed by atoms with E-state index >= 15 is 0 Å². The number of carboxylic acid groups (broad SMARTS) is 1. The number of ether oxygens (including phenoxy) is 3. The van der Waals surface area contributed by atoms with Crippen molar-refractivity contribution >= 4 is 59.2 Å². The number of amides is 8. The van der Waals surface area contributed by atoms with Crippen molar-refractivity contribution in [1.29, 1.82) is 0 Å². The van der Waals surface area contributed by atoms with Crippen LogP contribution < -0.4 is 14.2 Å². The summed E-state index contributed by atoms with van der Waals surface area (Å²) in [5.41, 5.74) is -0.543. The van der Waals surface area contributed by atoms with Gasteiger partial charge in [-0.25, -0.2) is 35.9 Å². The van der Waals surface area contributed by atoms with Gasteiger partial charge in [0.2, 0.25) is 75.7 Å². The van der Waals surface area contributed by atoms with Crippen molar-refractivity contribution in [2.75, 3.05) is 27.3 Å². The van der Waals surface area contributed by atoms with Crippen molar-refractivity contribution in [3.8, 4) is 23.0 Å². The molecule has 29 heteroatoms. The summed E-state index contributed by atoms with van der Waals surface area (Å²) < 4.78 is 142. The van der Waals surface area contributed by atoms with E-state index in [1.165, 1.54) is 44.4 Å². The summed E-state index contributed by atoms with van der Waals surface area (Å²) in [6, 6.07) is 5.62. The summed E-state index contributed by atoms with van der Waals surface area (Å²) in [7, 11) is 2.51. The second kappa shape index (κ2) is 20.8. The highest BCUT2D eigenvalue weighted by Crippen LogP contribution is 2.37. The minimum atomic E-state index is -2.44. The first kappa shape index (κ1) is 53.4.